The molecule has 0 saturated carbocycles. The molecule has 3 nitrogen and oxygen atoms in total. The van der Waals surface area contributed by atoms with Gasteiger partial charge in [-0.05, 0) is 24.3 Å². The summed E-state index contributed by atoms with van der Waals surface area (Å²) < 4.78 is 38.6. The van der Waals surface area contributed by atoms with Crippen molar-refractivity contribution >= 4 is 17.2 Å². The van der Waals surface area contributed by atoms with Gasteiger partial charge in [-0.3, -0.25) is 0 Å². The molecule has 0 amide bonds. The number of alkyl halides is 3. The zero-order valence-corrected chi connectivity index (χ0v) is 10.7. The first-order chi connectivity index (χ1) is 8.91. The molecule has 19 heavy (non-hydrogen) atoms. The largest absolute Gasteiger partial charge is 0.434 e. The predicted octanol–water partition coefficient (Wildman–Crippen LogP) is 2.79. The van der Waals surface area contributed by atoms with Gasteiger partial charge in [0.05, 0.1) is 6.33 Å². The maximum Gasteiger partial charge on any atom is 0.434 e. The number of benzene rings is 1. The van der Waals surface area contributed by atoms with Gasteiger partial charge >= 0.3 is 6.18 Å². The standard InChI is InChI=1S/C12H10F3N3S/c1-16-11(19)8-2-4-9(5-3-8)18-6-10(17-7-18)12(13,14)15/h2-7H,1H3,(H,16,19). The van der Waals surface area contributed by atoms with Crippen molar-refractivity contribution in [3.8, 4) is 5.69 Å². The van der Waals surface area contributed by atoms with Crippen molar-refractivity contribution in [2.75, 3.05) is 7.05 Å². The highest BCUT2D eigenvalue weighted by molar-refractivity contribution is 7.80. The summed E-state index contributed by atoms with van der Waals surface area (Å²) in [6, 6.07) is 6.84. The lowest BCUT2D eigenvalue weighted by molar-refractivity contribution is -0.140. The first-order valence-corrected chi connectivity index (χ1v) is 5.76. The van der Waals surface area contributed by atoms with Crippen LogP contribution in [0, 0.1) is 0 Å². The molecule has 1 N–H and O–H groups in total. The average Bonchev–Trinajstić information content (AvgIpc) is 2.87. The summed E-state index contributed by atoms with van der Waals surface area (Å²) >= 11 is 5.06. The van der Waals surface area contributed by atoms with E-state index in [4.69, 9.17) is 12.2 Å². The first kappa shape index (κ1) is 13.5. The van der Waals surface area contributed by atoms with E-state index in [1.54, 1.807) is 31.3 Å². The smallest absolute Gasteiger partial charge is 0.379 e. The van der Waals surface area contributed by atoms with Crippen LogP contribution in [0.4, 0.5) is 13.2 Å². The van der Waals surface area contributed by atoms with Crippen molar-refractivity contribution in [2.45, 2.75) is 6.18 Å². The minimum absolute atomic E-state index is 0.577. The molecule has 0 atom stereocenters. The van der Waals surface area contributed by atoms with E-state index in [1.165, 1.54) is 4.57 Å². The third kappa shape index (κ3) is 2.93. The minimum Gasteiger partial charge on any atom is -0.379 e. The Hall–Kier alpha value is -1.89. The van der Waals surface area contributed by atoms with Gasteiger partial charge in [0.15, 0.2) is 5.69 Å². The number of halogens is 3. The molecule has 7 heteroatoms. The highest BCUT2D eigenvalue weighted by Crippen LogP contribution is 2.28. The third-order valence-corrected chi connectivity index (χ3v) is 2.97. The zero-order chi connectivity index (χ0) is 14.0. The van der Waals surface area contributed by atoms with Crippen molar-refractivity contribution in [1.29, 1.82) is 0 Å². The van der Waals surface area contributed by atoms with E-state index in [-0.39, 0.29) is 0 Å². The molecular weight excluding hydrogens is 275 g/mol. The lowest BCUT2D eigenvalue weighted by atomic mass is 10.2. The summed E-state index contributed by atoms with van der Waals surface area (Å²) in [6.45, 7) is 0. The van der Waals surface area contributed by atoms with E-state index in [1.807, 2.05) is 0 Å². The molecule has 1 aromatic heterocycles. The summed E-state index contributed by atoms with van der Waals surface area (Å²) in [7, 11) is 1.71. The van der Waals surface area contributed by atoms with E-state index < -0.39 is 11.9 Å². The fourth-order valence-electron chi connectivity index (χ4n) is 1.54. The van der Waals surface area contributed by atoms with Crippen LogP contribution >= 0.6 is 12.2 Å². The molecule has 0 saturated heterocycles. The van der Waals surface area contributed by atoms with E-state index >= 15 is 0 Å². The molecule has 0 aliphatic rings. The van der Waals surface area contributed by atoms with Crippen LogP contribution in [0.15, 0.2) is 36.8 Å². The monoisotopic (exact) mass is 285 g/mol. The molecule has 0 fully saturated rings. The molecule has 2 rings (SSSR count). The number of nitrogens with zero attached hydrogens (tertiary/aromatic N) is 2. The molecule has 100 valence electrons. The Morgan fingerprint density at radius 1 is 1.26 bits per heavy atom. The van der Waals surface area contributed by atoms with E-state index in [2.05, 4.69) is 10.3 Å². The van der Waals surface area contributed by atoms with Crippen LogP contribution in [0.1, 0.15) is 11.3 Å². The quantitative estimate of drug-likeness (QED) is 0.861. The summed E-state index contributed by atoms with van der Waals surface area (Å²) in [5.41, 5.74) is 0.477. The van der Waals surface area contributed by atoms with Crippen LogP contribution < -0.4 is 5.32 Å². The molecule has 0 bridgehead atoms. The number of rotatable bonds is 2. The van der Waals surface area contributed by atoms with Gasteiger partial charge in [0, 0.05) is 24.5 Å². The Morgan fingerprint density at radius 3 is 2.37 bits per heavy atom. The van der Waals surface area contributed by atoms with E-state index in [9.17, 15) is 13.2 Å². The highest BCUT2D eigenvalue weighted by atomic mass is 32.1. The zero-order valence-electron chi connectivity index (χ0n) is 9.90. The maximum atomic E-state index is 12.4. The van der Waals surface area contributed by atoms with Gasteiger partial charge in [-0.15, -0.1) is 0 Å². The van der Waals surface area contributed by atoms with Gasteiger partial charge in [0.2, 0.25) is 0 Å². The SMILES string of the molecule is CNC(=S)c1ccc(-n2cnc(C(F)(F)F)c2)cc1. The van der Waals surface area contributed by atoms with Gasteiger partial charge < -0.3 is 9.88 Å². The van der Waals surface area contributed by atoms with Crippen molar-refractivity contribution in [3.63, 3.8) is 0 Å². The Morgan fingerprint density at radius 2 is 1.89 bits per heavy atom. The average molecular weight is 285 g/mol. The fourth-order valence-corrected chi connectivity index (χ4v) is 1.68. The highest BCUT2D eigenvalue weighted by Gasteiger charge is 2.33. The van der Waals surface area contributed by atoms with Gasteiger partial charge in [0.25, 0.3) is 0 Å². The summed E-state index contributed by atoms with van der Waals surface area (Å²) in [5.74, 6) is 0. The van der Waals surface area contributed by atoms with Crippen LogP contribution in [0.2, 0.25) is 0 Å². The molecule has 0 aliphatic heterocycles. The molecule has 0 unspecified atom stereocenters. The van der Waals surface area contributed by atoms with Crippen molar-refractivity contribution in [2.24, 2.45) is 0 Å². The van der Waals surface area contributed by atoms with Crippen LogP contribution in [0.3, 0.4) is 0 Å². The predicted molar refractivity (Wildman–Crippen MR) is 69.3 cm³/mol. The third-order valence-electron chi connectivity index (χ3n) is 2.53. The van der Waals surface area contributed by atoms with Crippen molar-refractivity contribution in [1.82, 2.24) is 14.9 Å². The second kappa shape index (κ2) is 5.00. The van der Waals surface area contributed by atoms with Crippen molar-refractivity contribution in [3.05, 3.63) is 48.0 Å². The Balaban J connectivity index is 2.28. The first-order valence-electron chi connectivity index (χ1n) is 5.35. The van der Waals surface area contributed by atoms with Gasteiger partial charge in [-0.1, -0.05) is 12.2 Å². The number of hydrogen-bond donors (Lipinski definition) is 1. The van der Waals surface area contributed by atoms with Gasteiger partial charge in [0.1, 0.15) is 4.99 Å². The van der Waals surface area contributed by atoms with Crippen LogP contribution in [-0.4, -0.2) is 21.6 Å². The topological polar surface area (TPSA) is 29.9 Å². The normalized spacial score (nSPS) is 11.4. The van der Waals surface area contributed by atoms with Gasteiger partial charge in [-0.25, -0.2) is 4.98 Å². The molecule has 0 aliphatic carbocycles. The summed E-state index contributed by atoms with van der Waals surface area (Å²) in [5, 5.41) is 2.83. The van der Waals surface area contributed by atoms with Crippen LogP contribution in [0.5, 0.6) is 0 Å². The Kier molecular flexibility index (Phi) is 3.57. The number of imidazole rings is 1. The number of aromatic nitrogens is 2. The van der Waals surface area contributed by atoms with Crippen LogP contribution in [0.25, 0.3) is 5.69 Å². The number of nitrogens with one attached hydrogen (secondary N) is 1. The number of hydrogen-bond acceptors (Lipinski definition) is 2. The lowest BCUT2D eigenvalue weighted by Crippen LogP contribution is -2.16. The fraction of sp³-hybridized carbons (Fsp3) is 0.167. The van der Waals surface area contributed by atoms with E-state index in [0.29, 0.717) is 10.7 Å². The molecule has 2 aromatic rings. The van der Waals surface area contributed by atoms with E-state index in [0.717, 1.165) is 18.1 Å². The Bertz CT molecular complexity index is 587. The second-order valence-electron chi connectivity index (χ2n) is 3.79. The summed E-state index contributed by atoms with van der Waals surface area (Å²) in [6.07, 6.45) is -2.35. The van der Waals surface area contributed by atoms with Gasteiger partial charge in [-0.2, -0.15) is 13.2 Å². The summed E-state index contributed by atoms with van der Waals surface area (Å²) in [4.78, 5) is 3.91. The Labute approximate surface area is 113 Å². The second-order valence-corrected chi connectivity index (χ2v) is 4.20. The van der Waals surface area contributed by atoms with Crippen molar-refractivity contribution < 1.29 is 13.2 Å². The molecule has 1 heterocycles. The number of thiocarbonyl (C=S) groups is 1. The molecular formula is C12H10F3N3S. The molecule has 0 radical (unpaired) electrons. The minimum atomic E-state index is -4.43. The molecule has 1 aromatic carbocycles. The molecule has 0 spiro atoms. The maximum absolute atomic E-state index is 12.4. The lowest BCUT2D eigenvalue weighted by Gasteiger charge is -2.05. The van der Waals surface area contributed by atoms with Crippen LogP contribution in [-0.2, 0) is 6.18 Å².